The molecular weight excluding hydrogens is 433 g/mol. The van der Waals surface area contributed by atoms with Crippen LogP contribution in [0.2, 0.25) is 0 Å². The Kier molecular flexibility index (Phi) is 5.83. The van der Waals surface area contributed by atoms with Crippen LogP contribution >= 0.6 is 11.8 Å². The number of aromatic nitrogens is 5. The topological polar surface area (TPSA) is 112 Å². The van der Waals surface area contributed by atoms with Crippen LogP contribution in [-0.2, 0) is 11.3 Å². The van der Waals surface area contributed by atoms with Gasteiger partial charge in [-0.1, -0.05) is 23.9 Å². The van der Waals surface area contributed by atoms with Crippen molar-refractivity contribution in [3.8, 4) is 0 Å². The number of thioether (sulfide) groups is 1. The molecule has 3 heterocycles. The third-order valence-corrected chi connectivity index (χ3v) is 6.74. The molecule has 11 heteroatoms. The highest BCUT2D eigenvalue weighted by molar-refractivity contribution is 8.04. The van der Waals surface area contributed by atoms with Gasteiger partial charge in [0, 0.05) is 11.9 Å². The molecule has 1 amide bonds. The lowest BCUT2D eigenvalue weighted by atomic mass is 10.1. The van der Waals surface area contributed by atoms with Crippen LogP contribution in [-0.4, -0.2) is 35.1 Å². The third kappa shape index (κ3) is 4.03. The summed E-state index contributed by atoms with van der Waals surface area (Å²) in [5.41, 5.74) is 7.52. The maximum atomic E-state index is 13.3. The largest absolute Gasteiger partial charge is 0.365 e. The van der Waals surface area contributed by atoms with Gasteiger partial charge in [-0.2, -0.15) is 5.10 Å². The zero-order valence-electron chi connectivity index (χ0n) is 17.8. The van der Waals surface area contributed by atoms with E-state index in [1.54, 1.807) is 31.5 Å². The van der Waals surface area contributed by atoms with Gasteiger partial charge in [0.15, 0.2) is 5.50 Å². The van der Waals surface area contributed by atoms with E-state index in [0.717, 1.165) is 11.3 Å². The normalized spacial score (nSPS) is 17.1. The molecule has 9 nitrogen and oxygen atoms in total. The van der Waals surface area contributed by atoms with Crippen molar-refractivity contribution >= 4 is 17.7 Å². The Labute approximate surface area is 187 Å². The number of nitrogens with zero attached hydrogens (tertiary/aromatic N) is 6. The van der Waals surface area contributed by atoms with Gasteiger partial charge in [-0.05, 0) is 38.5 Å². The second kappa shape index (κ2) is 8.58. The van der Waals surface area contributed by atoms with Crippen molar-refractivity contribution in [1.82, 2.24) is 29.2 Å². The van der Waals surface area contributed by atoms with Crippen LogP contribution in [0, 0.1) is 12.7 Å². The first kappa shape index (κ1) is 21.8. The average molecular weight is 456 g/mol. The van der Waals surface area contributed by atoms with E-state index in [1.165, 1.54) is 39.5 Å². The van der Waals surface area contributed by atoms with E-state index in [1.807, 2.05) is 18.7 Å². The second-order valence-corrected chi connectivity index (χ2v) is 8.56. The predicted octanol–water partition coefficient (Wildman–Crippen LogP) is 2.31. The number of rotatable bonds is 6. The SMILES string of the molecule is CC1=C(C(N)=O)SC(n2cnn(C(C)c3ccc(F)cc3)c2=O)N1Cc1cnc(C)cn1. The molecule has 1 aliphatic rings. The minimum absolute atomic E-state index is 0.332. The standard InChI is InChI=1S/C21H22FN7O2S/c1-12-8-25-17(9-24-12)10-27-14(3)18(19(23)30)32-21(27)28-11-26-29(20(28)31)13(2)15-4-6-16(22)7-5-15/h4-9,11,13,21H,10H2,1-3H3,(H2,23,30). The molecule has 2 N–H and O–H groups in total. The van der Waals surface area contributed by atoms with Crippen molar-refractivity contribution in [2.45, 2.75) is 38.9 Å². The number of allylic oxidation sites excluding steroid dienone is 1. The number of hydrogen-bond acceptors (Lipinski definition) is 7. The quantitative estimate of drug-likeness (QED) is 0.607. The average Bonchev–Trinajstić information content (AvgIpc) is 3.30. The molecule has 0 bridgehead atoms. The maximum Gasteiger partial charge on any atom is 0.348 e. The van der Waals surface area contributed by atoms with Gasteiger partial charge in [-0.25, -0.2) is 13.9 Å². The molecular formula is C21H22FN7O2S. The third-order valence-electron chi connectivity index (χ3n) is 5.31. The highest BCUT2D eigenvalue weighted by Gasteiger charge is 2.36. The lowest BCUT2D eigenvalue weighted by molar-refractivity contribution is -0.114. The number of nitrogens with two attached hydrogens (primary N) is 1. The van der Waals surface area contributed by atoms with E-state index in [-0.39, 0.29) is 11.5 Å². The van der Waals surface area contributed by atoms with Gasteiger partial charge in [0.2, 0.25) is 0 Å². The number of primary amides is 1. The van der Waals surface area contributed by atoms with Crippen molar-refractivity contribution in [2.24, 2.45) is 5.73 Å². The van der Waals surface area contributed by atoms with Crippen LogP contribution in [0.4, 0.5) is 4.39 Å². The Morgan fingerprint density at radius 1 is 1.22 bits per heavy atom. The molecule has 1 aromatic carbocycles. The Morgan fingerprint density at radius 2 is 1.94 bits per heavy atom. The summed E-state index contributed by atoms with van der Waals surface area (Å²) >= 11 is 1.19. The van der Waals surface area contributed by atoms with Crippen LogP contribution in [0.25, 0.3) is 0 Å². The van der Waals surface area contributed by atoms with Crippen molar-refractivity contribution in [2.75, 3.05) is 0 Å². The molecule has 2 aromatic heterocycles. The molecule has 0 aliphatic carbocycles. The van der Waals surface area contributed by atoms with Crippen LogP contribution in [0.3, 0.4) is 0 Å². The molecule has 4 rings (SSSR count). The van der Waals surface area contributed by atoms with Gasteiger partial charge in [-0.3, -0.25) is 19.3 Å². The van der Waals surface area contributed by atoms with Crippen molar-refractivity contribution in [3.63, 3.8) is 0 Å². The summed E-state index contributed by atoms with van der Waals surface area (Å²) in [5, 5.41) is 4.28. The van der Waals surface area contributed by atoms with Crippen LogP contribution in [0.5, 0.6) is 0 Å². The first-order valence-corrected chi connectivity index (χ1v) is 10.8. The fourth-order valence-corrected chi connectivity index (χ4v) is 4.73. The summed E-state index contributed by atoms with van der Waals surface area (Å²) in [6.45, 7) is 5.77. The lowest BCUT2D eigenvalue weighted by Crippen LogP contribution is -2.34. The molecule has 3 aromatic rings. The van der Waals surface area contributed by atoms with Gasteiger partial charge in [0.05, 0.1) is 35.1 Å². The molecule has 0 spiro atoms. The minimum Gasteiger partial charge on any atom is -0.365 e. The monoisotopic (exact) mass is 455 g/mol. The van der Waals surface area contributed by atoms with Gasteiger partial charge >= 0.3 is 5.69 Å². The molecule has 0 saturated carbocycles. The van der Waals surface area contributed by atoms with Crippen molar-refractivity contribution in [3.05, 3.63) is 86.8 Å². The Bertz CT molecular complexity index is 1230. The number of aryl methyl sites for hydroxylation is 1. The lowest BCUT2D eigenvalue weighted by Gasteiger charge is -2.27. The van der Waals surface area contributed by atoms with Gasteiger partial charge in [0.1, 0.15) is 12.1 Å². The fraction of sp³-hybridized carbons (Fsp3) is 0.286. The molecule has 1 aliphatic heterocycles. The molecule has 0 saturated heterocycles. The van der Waals surface area contributed by atoms with Crippen LogP contribution in [0.15, 0.2) is 58.4 Å². The van der Waals surface area contributed by atoms with Crippen LogP contribution < -0.4 is 11.4 Å². The van der Waals surface area contributed by atoms with Gasteiger partial charge in [-0.15, -0.1) is 0 Å². The van der Waals surface area contributed by atoms with E-state index >= 15 is 0 Å². The first-order chi connectivity index (χ1) is 15.3. The Morgan fingerprint density at radius 3 is 2.56 bits per heavy atom. The predicted molar refractivity (Wildman–Crippen MR) is 118 cm³/mol. The van der Waals surface area contributed by atoms with E-state index in [4.69, 9.17) is 5.73 Å². The number of carbonyl (C=O) groups excluding carboxylic acids is 1. The smallest absolute Gasteiger partial charge is 0.348 e. The van der Waals surface area contributed by atoms with Crippen molar-refractivity contribution < 1.29 is 9.18 Å². The first-order valence-electron chi connectivity index (χ1n) is 9.89. The maximum absolute atomic E-state index is 13.3. The van der Waals surface area contributed by atoms with E-state index in [2.05, 4.69) is 15.1 Å². The van der Waals surface area contributed by atoms with E-state index in [9.17, 15) is 14.0 Å². The Hall–Kier alpha value is -3.47. The zero-order valence-corrected chi connectivity index (χ0v) is 18.6. The molecule has 2 unspecified atom stereocenters. The molecule has 2 atom stereocenters. The molecule has 0 radical (unpaired) electrons. The summed E-state index contributed by atoms with van der Waals surface area (Å²) in [4.78, 5) is 36.1. The summed E-state index contributed by atoms with van der Waals surface area (Å²) in [5.74, 6) is -0.910. The summed E-state index contributed by atoms with van der Waals surface area (Å²) < 4.78 is 16.1. The molecule has 0 fully saturated rings. The second-order valence-electron chi connectivity index (χ2n) is 7.49. The zero-order chi connectivity index (χ0) is 23.0. The fourth-order valence-electron chi connectivity index (χ4n) is 3.49. The van der Waals surface area contributed by atoms with Gasteiger partial charge in [0.25, 0.3) is 5.91 Å². The Balaban J connectivity index is 1.68. The highest BCUT2D eigenvalue weighted by Crippen LogP contribution is 2.44. The minimum atomic E-state index is -0.567. The summed E-state index contributed by atoms with van der Waals surface area (Å²) in [6.07, 6.45) is 4.76. The number of halogens is 1. The number of amides is 1. The van der Waals surface area contributed by atoms with Crippen LogP contribution in [0.1, 0.15) is 42.3 Å². The molecule has 32 heavy (non-hydrogen) atoms. The summed E-state index contributed by atoms with van der Waals surface area (Å²) in [7, 11) is 0. The molecule has 166 valence electrons. The number of hydrogen-bond donors (Lipinski definition) is 1. The number of benzene rings is 1. The van der Waals surface area contributed by atoms with Crippen molar-refractivity contribution in [1.29, 1.82) is 0 Å². The summed E-state index contributed by atoms with van der Waals surface area (Å²) in [6, 6.07) is 5.52. The highest BCUT2D eigenvalue weighted by atomic mass is 32.2. The van der Waals surface area contributed by atoms with E-state index in [0.29, 0.717) is 22.8 Å². The number of carbonyl (C=O) groups is 1. The van der Waals surface area contributed by atoms with Gasteiger partial charge < -0.3 is 10.6 Å². The van der Waals surface area contributed by atoms with E-state index < -0.39 is 17.4 Å².